The molecule has 1 fully saturated rings. The van der Waals surface area contributed by atoms with Gasteiger partial charge in [0, 0.05) is 51.3 Å². The first-order chi connectivity index (χ1) is 14.6. The predicted octanol–water partition coefficient (Wildman–Crippen LogP) is 3.18. The first-order valence-corrected chi connectivity index (χ1v) is 10.8. The molecule has 0 radical (unpaired) electrons. The van der Waals surface area contributed by atoms with Crippen molar-refractivity contribution in [3.8, 4) is 11.5 Å². The number of ether oxygens (including phenoxy) is 2. The average molecular weight is 430 g/mol. The molecular weight excluding hydrogens is 402 g/mol. The average Bonchev–Trinajstić information content (AvgIpc) is 3.00. The van der Waals surface area contributed by atoms with Crippen LogP contribution in [0.25, 0.3) is 0 Å². The number of likely N-dealkylation sites (N-methyl/N-ethyl adjacent to an activating group) is 1. The molecule has 2 aliphatic rings. The Hall–Kier alpha value is -2.28. The number of halogens is 1. The van der Waals surface area contributed by atoms with E-state index in [1.807, 2.05) is 6.07 Å². The first kappa shape index (κ1) is 21.0. The Kier molecular flexibility index (Phi) is 6.77. The zero-order chi connectivity index (χ0) is 20.9. The van der Waals surface area contributed by atoms with Gasteiger partial charge in [-0.25, -0.2) is 0 Å². The number of benzene rings is 2. The number of fused-ring (bicyclic) bond motifs is 1. The maximum absolute atomic E-state index is 12.7. The third-order valence-electron chi connectivity index (χ3n) is 5.51. The van der Waals surface area contributed by atoms with Crippen LogP contribution in [0.5, 0.6) is 11.5 Å². The van der Waals surface area contributed by atoms with E-state index in [2.05, 4.69) is 40.4 Å². The Labute approximate surface area is 182 Å². The third kappa shape index (κ3) is 5.25. The SMILES string of the molecule is CN1CCN(Cc2cccc(CNC(=O)c3cc(Cl)c4c(c3)OCCCO4)c2)CC1. The highest BCUT2D eigenvalue weighted by Gasteiger charge is 2.18. The van der Waals surface area contributed by atoms with Gasteiger partial charge in [-0.1, -0.05) is 35.9 Å². The van der Waals surface area contributed by atoms with E-state index < -0.39 is 0 Å². The fraction of sp³-hybridized carbons (Fsp3) is 0.435. The van der Waals surface area contributed by atoms with Crippen molar-refractivity contribution < 1.29 is 14.3 Å². The van der Waals surface area contributed by atoms with Gasteiger partial charge >= 0.3 is 0 Å². The molecule has 160 valence electrons. The van der Waals surface area contributed by atoms with E-state index in [1.54, 1.807) is 12.1 Å². The molecule has 1 amide bonds. The van der Waals surface area contributed by atoms with Crippen LogP contribution < -0.4 is 14.8 Å². The van der Waals surface area contributed by atoms with E-state index in [-0.39, 0.29) is 5.91 Å². The quantitative estimate of drug-likeness (QED) is 0.791. The second-order valence-corrected chi connectivity index (χ2v) is 8.33. The molecule has 1 N–H and O–H groups in total. The summed E-state index contributed by atoms with van der Waals surface area (Å²) in [5, 5.41) is 3.38. The molecule has 0 saturated carbocycles. The first-order valence-electron chi connectivity index (χ1n) is 10.4. The third-order valence-corrected chi connectivity index (χ3v) is 5.79. The fourth-order valence-corrected chi connectivity index (χ4v) is 4.01. The molecule has 0 aromatic heterocycles. The largest absolute Gasteiger partial charge is 0.489 e. The molecule has 0 atom stereocenters. The molecule has 0 aliphatic carbocycles. The van der Waals surface area contributed by atoms with Gasteiger partial charge in [0.05, 0.1) is 18.2 Å². The highest BCUT2D eigenvalue weighted by Crippen LogP contribution is 2.38. The Morgan fingerprint density at radius 3 is 2.67 bits per heavy atom. The van der Waals surface area contributed by atoms with E-state index in [1.165, 1.54) is 5.56 Å². The van der Waals surface area contributed by atoms with Crippen molar-refractivity contribution in [2.45, 2.75) is 19.5 Å². The van der Waals surface area contributed by atoms with Crippen LogP contribution in [0.2, 0.25) is 5.02 Å². The molecular formula is C23H28ClN3O3. The molecule has 2 aliphatic heterocycles. The number of carbonyl (C=O) groups is 1. The minimum absolute atomic E-state index is 0.183. The van der Waals surface area contributed by atoms with E-state index in [4.69, 9.17) is 21.1 Å². The van der Waals surface area contributed by atoms with Crippen LogP contribution in [0.1, 0.15) is 27.9 Å². The lowest BCUT2D eigenvalue weighted by molar-refractivity contribution is 0.0950. The Morgan fingerprint density at radius 1 is 1.07 bits per heavy atom. The van der Waals surface area contributed by atoms with Crippen LogP contribution >= 0.6 is 11.6 Å². The Bertz CT molecular complexity index is 897. The zero-order valence-corrected chi connectivity index (χ0v) is 18.1. The summed E-state index contributed by atoms with van der Waals surface area (Å²) in [7, 11) is 2.16. The number of nitrogens with one attached hydrogen (secondary N) is 1. The standard InChI is InChI=1S/C23H28ClN3O3/c1-26-6-8-27(9-7-26)16-18-5-2-4-17(12-18)15-25-23(28)19-13-20(24)22-21(14-19)29-10-3-11-30-22/h2,4-5,12-14H,3,6-11,15-16H2,1H3,(H,25,28). The summed E-state index contributed by atoms with van der Waals surface area (Å²) in [6, 6.07) is 11.7. The van der Waals surface area contributed by atoms with Gasteiger partial charge in [0.2, 0.25) is 0 Å². The van der Waals surface area contributed by atoms with Crippen LogP contribution in [0.15, 0.2) is 36.4 Å². The maximum Gasteiger partial charge on any atom is 0.251 e. The lowest BCUT2D eigenvalue weighted by atomic mass is 10.1. The van der Waals surface area contributed by atoms with Crippen molar-refractivity contribution in [1.82, 2.24) is 15.1 Å². The molecule has 1 saturated heterocycles. The van der Waals surface area contributed by atoms with Gasteiger partial charge in [-0.05, 0) is 30.3 Å². The summed E-state index contributed by atoms with van der Waals surface area (Å²) in [5.41, 5.74) is 2.82. The molecule has 30 heavy (non-hydrogen) atoms. The van der Waals surface area contributed by atoms with Crippen LogP contribution in [0.4, 0.5) is 0 Å². The number of nitrogens with zero attached hydrogens (tertiary/aromatic N) is 2. The molecule has 0 spiro atoms. The molecule has 4 rings (SSSR count). The number of hydrogen-bond donors (Lipinski definition) is 1. The van der Waals surface area contributed by atoms with Gasteiger partial charge in [0.25, 0.3) is 5.91 Å². The summed E-state index contributed by atoms with van der Waals surface area (Å²) >= 11 is 6.31. The number of amides is 1. The van der Waals surface area contributed by atoms with E-state index in [9.17, 15) is 4.79 Å². The van der Waals surface area contributed by atoms with Gasteiger partial charge in [0.15, 0.2) is 11.5 Å². The predicted molar refractivity (Wildman–Crippen MR) is 117 cm³/mol. The highest BCUT2D eigenvalue weighted by molar-refractivity contribution is 6.32. The van der Waals surface area contributed by atoms with Crippen molar-refractivity contribution >= 4 is 17.5 Å². The second-order valence-electron chi connectivity index (χ2n) is 7.92. The van der Waals surface area contributed by atoms with Gasteiger partial charge in [-0.15, -0.1) is 0 Å². The summed E-state index contributed by atoms with van der Waals surface area (Å²) < 4.78 is 11.3. The molecule has 0 unspecified atom stereocenters. The van der Waals surface area contributed by atoms with Gasteiger partial charge in [-0.2, -0.15) is 0 Å². The topological polar surface area (TPSA) is 54.0 Å². The van der Waals surface area contributed by atoms with Gasteiger partial charge < -0.3 is 19.7 Å². The number of rotatable bonds is 5. The Balaban J connectivity index is 1.37. The maximum atomic E-state index is 12.7. The fourth-order valence-electron chi connectivity index (χ4n) is 3.75. The van der Waals surface area contributed by atoms with Gasteiger partial charge in [0.1, 0.15) is 0 Å². The lowest BCUT2D eigenvalue weighted by Crippen LogP contribution is -2.43. The van der Waals surface area contributed by atoms with Crippen LogP contribution in [-0.4, -0.2) is 62.1 Å². The normalized spacial score (nSPS) is 17.4. The summed E-state index contributed by atoms with van der Waals surface area (Å²) in [6.07, 6.45) is 0.789. The van der Waals surface area contributed by atoms with E-state index in [0.29, 0.717) is 41.8 Å². The monoisotopic (exact) mass is 429 g/mol. The molecule has 6 nitrogen and oxygen atoms in total. The van der Waals surface area contributed by atoms with E-state index in [0.717, 1.165) is 44.7 Å². The molecule has 0 bridgehead atoms. The van der Waals surface area contributed by atoms with Gasteiger partial charge in [-0.3, -0.25) is 9.69 Å². The van der Waals surface area contributed by atoms with Crippen LogP contribution in [-0.2, 0) is 13.1 Å². The minimum atomic E-state index is -0.183. The van der Waals surface area contributed by atoms with Crippen molar-refractivity contribution in [3.63, 3.8) is 0 Å². The zero-order valence-electron chi connectivity index (χ0n) is 17.3. The molecule has 2 heterocycles. The summed E-state index contributed by atoms with van der Waals surface area (Å²) in [4.78, 5) is 17.5. The highest BCUT2D eigenvalue weighted by atomic mass is 35.5. The van der Waals surface area contributed by atoms with Crippen molar-refractivity contribution in [1.29, 1.82) is 0 Å². The van der Waals surface area contributed by atoms with Crippen LogP contribution in [0.3, 0.4) is 0 Å². The summed E-state index contributed by atoms with van der Waals surface area (Å²) in [6.45, 7) is 6.89. The van der Waals surface area contributed by atoms with Crippen molar-refractivity contribution in [2.24, 2.45) is 0 Å². The van der Waals surface area contributed by atoms with Crippen LogP contribution in [0, 0.1) is 0 Å². The minimum Gasteiger partial charge on any atom is -0.489 e. The van der Waals surface area contributed by atoms with Crippen molar-refractivity contribution in [2.75, 3.05) is 46.4 Å². The second kappa shape index (κ2) is 9.69. The molecule has 7 heteroatoms. The molecule has 2 aromatic rings. The summed E-state index contributed by atoms with van der Waals surface area (Å²) in [5.74, 6) is 0.860. The number of carbonyl (C=O) groups excluding carboxylic acids is 1. The Morgan fingerprint density at radius 2 is 1.83 bits per heavy atom. The van der Waals surface area contributed by atoms with E-state index >= 15 is 0 Å². The molecule has 2 aromatic carbocycles. The number of piperazine rings is 1. The number of hydrogen-bond acceptors (Lipinski definition) is 5. The smallest absolute Gasteiger partial charge is 0.251 e. The lowest BCUT2D eigenvalue weighted by Gasteiger charge is -2.32. The van der Waals surface area contributed by atoms with Crippen molar-refractivity contribution in [3.05, 3.63) is 58.1 Å².